The zero-order chi connectivity index (χ0) is 12.2. The van der Waals surface area contributed by atoms with Gasteiger partial charge in [0.15, 0.2) is 0 Å². The molecule has 0 bridgehead atoms. The van der Waals surface area contributed by atoms with Crippen molar-refractivity contribution in [3.05, 3.63) is 32.6 Å². The summed E-state index contributed by atoms with van der Waals surface area (Å²) in [4.78, 5) is 25.0. The van der Waals surface area contributed by atoms with Crippen molar-refractivity contribution < 1.29 is 14.9 Å². The lowest BCUT2D eigenvalue weighted by Crippen LogP contribution is -2.32. The number of aliphatic hydroxyl groups is 2. The summed E-state index contributed by atoms with van der Waals surface area (Å²) in [5.74, 6) is -0.282. The van der Waals surface area contributed by atoms with Gasteiger partial charge >= 0.3 is 5.69 Å². The smallest absolute Gasteiger partial charge is 0.330 e. The molecule has 0 radical (unpaired) electrons. The summed E-state index contributed by atoms with van der Waals surface area (Å²) in [5, 5.41) is 18.9. The Morgan fingerprint density at radius 3 is 3.00 bits per heavy atom. The van der Waals surface area contributed by atoms with E-state index in [1.165, 1.54) is 10.6 Å². The van der Waals surface area contributed by atoms with E-state index in [1.54, 1.807) is 0 Å². The van der Waals surface area contributed by atoms with Gasteiger partial charge in [0.1, 0.15) is 12.3 Å². The first-order valence-electron chi connectivity index (χ1n) is 5.41. The fourth-order valence-corrected chi connectivity index (χ4v) is 2.66. The van der Waals surface area contributed by atoms with Gasteiger partial charge in [-0.2, -0.15) is 0 Å². The third kappa shape index (κ3) is 1.40. The van der Waals surface area contributed by atoms with Gasteiger partial charge in [-0.25, -0.2) is 4.79 Å². The Morgan fingerprint density at radius 2 is 2.29 bits per heavy atom. The van der Waals surface area contributed by atoms with Crippen LogP contribution >= 0.6 is 0 Å². The van der Waals surface area contributed by atoms with Crippen LogP contribution < -0.4 is 11.2 Å². The lowest BCUT2D eigenvalue weighted by Gasteiger charge is -2.14. The Labute approximate surface area is 95.3 Å². The van der Waals surface area contributed by atoms with Crippen LogP contribution in [0.1, 0.15) is 11.9 Å². The van der Waals surface area contributed by atoms with Crippen molar-refractivity contribution >= 4 is 0 Å². The molecular weight excluding hydrogens is 228 g/mol. The van der Waals surface area contributed by atoms with Crippen molar-refractivity contribution in [2.24, 2.45) is 5.92 Å². The summed E-state index contributed by atoms with van der Waals surface area (Å²) in [6.45, 7) is -0.290. The highest BCUT2D eigenvalue weighted by Crippen LogP contribution is 2.40. The Bertz CT molecular complexity index is 563. The number of aromatic amines is 1. The standard InChI is InChI=1S/C10H12N2O5/c13-3-6-8(15)5-1-4-2-7(14)11-10(16)12(4)9(5)17-6/h2,5-6,8-9,13,15H,1,3H2,(H,11,14,16)/t5-,6+,8-,9+/m0/s1. The summed E-state index contributed by atoms with van der Waals surface area (Å²) < 4.78 is 6.77. The van der Waals surface area contributed by atoms with Crippen LogP contribution in [0.2, 0.25) is 0 Å². The first kappa shape index (κ1) is 10.7. The normalized spacial score (nSPS) is 34.7. The highest BCUT2D eigenvalue weighted by Gasteiger charge is 2.48. The number of ether oxygens (including phenoxy) is 1. The van der Waals surface area contributed by atoms with Crippen molar-refractivity contribution in [1.82, 2.24) is 9.55 Å². The quantitative estimate of drug-likeness (QED) is 0.524. The van der Waals surface area contributed by atoms with E-state index in [0.29, 0.717) is 12.1 Å². The van der Waals surface area contributed by atoms with Gasteiger partial charge < -0.3 is 14.9 Å². The van der Waals surface area contributed by atoms with E-state index in [4.69, 9.17) is 9.84 Å². The van der Waals surface area contributed by atoms with E-state index in [2.05, 4.69) is 4.98 Å². The van der Waals surface area contributed by atoms with Gasteiger partial charge in [-0.3, -0.25) is 14.3 Å². The molecule has 2 aliphatic rings. The highest BCUT2D eigenvalue weighted by molar-refractivity contribution is 5.12. The third-order valence-electron chi connectivity index (χ3n) is 3.44. The number of H-pyrrole nitrogens is 1. The molecule has 0 unspecified atom stereocenters. The molecule has 92 valence electrons. The minimum atomic E-state index is -0.820. The summed E-state index contributed by atoms with van der Waals surface area (Å²) in [7, 11) is 0. The second kappa shape index (κ2) is 3.52. The average Bonchev–Trinajstić information content (AvgIpc) is 2.75. The molecule has 3 N–H and O–H groups in total. The van der Waals surface area contributed by atoms with Crippen LogP contribution in [-0.2, 0) is 11.2 Å². The molecule has 1 saturated heterocycles. The maximum absolute atomic E-state index is 11.7. The van der Waals surface area contributed by atoms with E-state index >= 15 is 0 Å². The summed E-state index contributed by atoms with van der Waals surface area (Å²) in [6, 6.07) is 1.34. The third-order valence-corrected chi connectivity index (χ3v) is 3.44. The highest BCUT2D eigenvalue weighted by atomic mass is 16.5. The second-order valence-electron chi connectivity index (χ2n) is 4.41. The molecule has 2 aliphatic heterocycles. The van der Waals surface area contributed by atoms with Crippen LogP contribution in [0.4, 0.5) is 0 Å². The van der Waals surface area contributed by atoms with E-state index in [-0.39, 0.29) is 12.5 Å². The molecule has 4 atom stereocenters. The zero-order valence-electron chi connectivity index (χ0n) is 8.87. The van der Waals surface area contributed by atoms with Gasteiger partial charge in [0.05, 0.1) is 12.7 Å². The molecule has 3 rings (SSSR count). The zero-order valence-corrected chi connectivity index (χ0v) is 8.87. The predicted molar refractivity (Wildman–Crippen MR) is 55.5 cm³/mol. The van der Waals surface area contributed by atoms with E-state index in [1.807, 2.05) is 0 Å². The van der Waals surface area contributed by atoms with Gasteiger partial charge in [-0.15, -0.1) is 0 Å². The minimum Gasteiger partial charge on any atom is -0.394 e. The van der Waals surface area contributed by atoms with Gasteiger partial charge in [0.2, 0.25) is 0 Å². The van der Waals surface area contributed by atoms with E-state index in [9.17, 15) is 14.7 Å². The van der Waals surface area contributed by atoms with Gasteiger partial charge in [0, 0.05) is 17.7 Å². The monoisotopic (exact) mass is 240 g/mol. The number of aliphatic hydroxyl groups excluding tert-OH is 2. The minimum absolute atomic E-state index is 0.282. The Balaban J connectivity index is 2.08. The van der Waals surface area contributed by atoms with Crippen LogP contribution in [0.15, 0.2) is 15.7 Å². The Kier molecular flexibility index (Phi) is 2.22. The first-order valence-corrected chi connectivity index (χ1v) is 5.41. The molecule has 0 aliphatic carbocycles. The number of nitrogens with zero attached hydrogens (tertiary/aromatic N) is 1. The van der Waals surface area contributed by atoms with E-state index in [0.717, 1.165) is 0 Å². The van der Waals surface area contributed by atoms with Gasteiger partial charge in [-0.1, -0.05) is 0 Å². The molecule has 0 spiro atoms. The molecule has 7 heteroatoms. The van der Waals surface area contributed by atoms with Crippen LogP contribution in [0.3, 0.4) is 0 Å². The molecule has 3 heterocycles. The van der Waals surface area contributed by atoms with Crippen molar-refractivity contribution in [2.75, 3.05) is 6.61 Å². The topological polar surface area (TPSA) is 105 Å². The molecule has 7 nitrogen and oxygen atoms in total. The SMILES string of the molecule is O=c1cc2n(c(=O)[nH]1)[C@@H]1O[C@H](CO)[C@@H](O)[C@@H]1C2. The number of fused-ring (bicyclic) bond motifs is 3. The summed E-state index contributed by atoms with van der Waals surface area (Å²) in [5.41, 5.74) is -0.426. The maximum atomic E-state index is 11.7. The number of hydrogen-bond donors (Lipinski definition) is 3. The molecule has 1 aromatic heterocycles. The molecule has 0 aromatic carbocycles. The molecule has 0 amide bonds. The fourth-order valence-electron chi connectivity index (χ4n) is 2.66. The van der Waals surface area contributed by atoms with Crippen LogP contribution in [0.25, 0.3) is 0 Å². The van der Waals surface area contributed by atoms with E-state index < -0.39 is 29.7 Å². The van der Waals surface area contributed by atoms with Crippen molar-refractivity contribution in [3.63, 3.8) is 0 Å². The Morgan fingerprint density at radius 1 is 1.53 bits per heavy atom. The van der Waals surface area contributed by atoms with Crippen LogP contribution in [0.5, 0.6) is 0 Å². The van der Waals surface area contributed by atoms with Crippen molar-refractivity contribution in [1.29, 1.82) is 0 Å². The average molecular weight is 240 g/mol. The number of rotatable bonds is 1. The van der Waals surface area contributed by atoms with Gasteiger partial charge in [-0.05, 0) is 6.42 Å². The summed E-state index contributed by atoms with van der Waals surface area (Å²) >= 11 is 0. The predicted octanol–water partition coefficient (Wildman–Crippen LogP) is -2.04. The second-order valence-corrected chi connectivity index (χ2v) is 4.41. The van der Waals surface area contributed by atoms with Crippen molar-refractivity contribution in [3.8, 4) is 0 Å². The van der Waals surface area contributed by atoms with Gasteiger partial charge in [0.25, 0.3) is 5.56 Å². The fraction of sp³-hybridized carbons (Fsp3) is 0.600. The number of nitrogens with one attached hydrogen (secondary N) is 1. The molecular formula is C10H12N2O5. The Hall–Kier alpha value is -1.44. The molecule has 17 heavy (non-hydrogen) atoms. The summed E-state index contributed by atoms with van der Waals surface area (Å²) in [6.07, 6.45) is -1.68. The molecule has 1 aromatic rings. The largest absolute Gasteiger partial charge is 0.394 e. The molecule has 0 saturated carbocycles. The lowest BCUT2D eigenvalue weighted by atomic mass is 9.98. The lowest BCUT2D eigenvalue weighted by molar-refractivity contribution is -0.0457. The maximum Gasteiger partial charge on any atom is 0.330 e. The number of aromatic nitrogens is 2. The van der Waals surface area contributed by atoms with Crippen LogP contribution in [-0.4, -0.2) is 38.6 Å². The van der Waals surface area contributed by atoms with Crippen LogP contribution in [0, 0.1) is 5.92 Å². The van der Waals surface area contributed by atoms with Crippen molar-refractivity contribution in [2.45, 2.75) is 24.9 Å². The number of hydrogen-bond acceptors (Lipinski definition) is 5. The first-order chi connectivity index (χ1) is 8.11. The molecule has 1 fully saturated rings.